The number of ether oxygens (including phenoxy) is 1. The van der Waals surface area contributed by atoms with Crippen LogP contribution in [0.15, 0.2) is 84.9 Å². The number of nitrogens with zero attached hydrogens (tertiary/aromatic N) is 1. The molecule has 6 heteroatoms. The van der Waals surface area contributed by atoms with Gasteiger partial charge in [0, 0.05) is 33.3 Å². The number of carbonyl (C=O) groups excluding carboxylic acids is 1. The lowest BCUT2D eigenvalue weighted by molar-refractivity contribution is -0.123. The zero-order valence-electron chi connectivity index (χ0n) is 21.0. The van der Waals surface area contributed by atoms with Crippen LogP contribution in [0.4, 0.5) is 4.39 Å². The van der Waals surface area contributed by atoms with Gasteiger partial charge in [0.25, 0.3) is 0 Å². The van der Waals surface area contributed by atoms with Gasteiger partial charge in [0.2, 0.25) is 5.91 Å². The zero-order chi connectivity index (χ0) is 25.9. The largest absolute Gasteiger partial charge is 0.505 e. The molecule has 1 amide bonds. The maximum Gasteiger partial charge on any atom is 0.245 e. The maximum atomic E-state index is 14.3. The minimum Gasteiger partial charge on any atom is -0.505 e. The highest BCUT2D eigenvalue weighted by molar-refractivity contribution is 5.98. The van der Waals surface area contributed by atoms with Crippen molar-refractivity contribution in [3.05, 3.63) is 107 Å². The molecule has 0 radical (unpaired) electrons. The van der Waals surface area contributed by atoms with E-state index in [1.165, 1.54) is 23.1 Å². The Bertz CT molecular complexity index is 1200. The van der Waals surface area contributed by atoms with Gasteiger partial charge in [-0.2, -0.15) is 0 Å². The molecule has 0 aliphatic heterocycles. The number of hydrogen-bond acceptors (Lipinski definition) is 4. The number of halogens is 1. The first-order chi connectivity index (χ1) is 17.4. The molecule has 5 nitrogen and oxygen atoms in total. The number of hydrogen-bond donors (Lipinski definition) is 2. The molecule has 3 aromatic rings. The Morgan fingerprint density at radius 1 is 1.00 bits per heavy atom. The topological polar surface area (TPSA) is 61.8 Å². The molecule has 0 saturated carbocycles. The molecule has 0 unspecified atom stereocenters. The van der Waals surface area contributed by atoms with Crippen molar-refractivity contribution < 1.29 is 19.0 Å². The van der Waals surface area contributed by atoms with Crippen molar-refractivity contribution in [2.45, 2.75) is 13.3 Å². The van der Waals surface area contributed by atoms with E-state index in [1.54, 1.807) is 26.2 Å². The van der Waals surface area contributed by atoms with Crippen LogP contribution in [0.1, 0.15) is 30.0 Å². The fraction of sp³-hybridized carbons (Fsp3) is 0.233. The summed E-state index contributed by atoms with van der Waals surface area (Å²) >= 11 is 0. The zero-order valence-corrected chi connectivity index (χ0v) is 21.0. The summed E-state index contributed by atoms with van der Waals surface area (Å²) in [6.07, 6.45) is 4.08. The Hall–Kier alpha value is -3.90. The van der Waals surface area contributed by atoms with Crippen molar-refractivity contribution in [3.63, 3.8) is 0 Å². The van der Waals surface area contributed by atoms with Crippen molar-refractivity contribution in [2.24, 2.45) is 0 Å². The van der Waals surface area contributed by atoms with E-state index in [9.17, 15) is 14.3 Å². The summed E-state index contributed by atoms with van der Waals surface area (Å²) in [6.45, 7) is 3.77. The number of phenols is 1. The van der Waals surface area contributed by atoms with Crippen LogP contribution in [0.3, 0.4) is 0 Å². The van der Waals surface area contributed by atoms with Crippen LogP contribution in [-0.2, 0) is 4.79 Å². The van der Waals surface area contributed by atoms with Gasteiger partial charge in [-0.3, -0.25) is 4.79 Å². The molecule has 188 valence electrons. The third kappa shape index (κ3) is 7.30. The van der Waals surface area contributed by atoms with Gasteiger partial charge in [0.1, 0.15) is 12.4 Å². The lowest BCUT2D eigenvalue weighted by Gasteiger charge is -2.17. The van der Waals surface area contributed by atoms with Gasteiger partial charge in [0.15, 0.2) is 11.6 Å². The van der Waals surface area contributed by atoms with Crippen LogP contribution in [0, 0.1) is 5.82 Å². The van der Waals surface area contributed by atoms with Gasteiger partial charge >= 0.3 is 0 Å². The van der Waals surface area contributed by atoms with Crippen LogP contribution < -0.4 is 10.1 Å². The Morgan fingerprint density at radius 3 is 2.33 bits per heavy atom. The lowest BCUT2D eigenvalue weighted by Crippen LogP contribution is -2.22. The number of benzene rings is 3. The van der Waals surface area contributed by atoms with E-state index in [2.05, 4.69) is 12.2 Å². The lowest BCUT2D eigenvalue weighted by atomic mass is 9.88. The molecule has 0 aliphatic rings. The molecule has 0 aromatic heterocycles. The Kier molecular flexibility index (Phi) is 9.83. The molecule has 0 bridgehead atoms. The van der Waals surface area contributed by atoms with E-state index in [1.807, 2.05) is 54.6 Å². The number of aromatic hydroxyl groups is 1. The van der Waals surface area contributed by atoms with Crippen LogP contribution in [0.25, 0.3) is 11.1 Å². The normalized spacial score (nSPS) is 11.9. The monoisotopic (exact) mass is 488 g/mol. The number of nitrogens with one attached hydrogen (secondary N) is 1. The van der Waals surface area contributed by atoms with Gasteiger partial charge < -0.3 is 20.1 Å². The number of phenolic OH excluding ortho intramolecular Hbond substituents is 1. The van der Waals surface area contributed by atoms with Gasteiger partial charge in [-0.25, -0.2) is 4.39 Å². The van der Waals surface area contributed by atoms with Crippen molar-refractivity contribution in [3.8, 4) is 11.5 Å². The Labute approximate surface area is 212 Å². The third-order valence-corrected chi connectivity index (χ3v) is 5.67. The molecule has 3 rings (SSSR count). The van der Waals surface area contributed by atoms with E-state index in [4.69, 9.17) is 4.74 Å². The maximum absolute atomic E-state index is 14.3. The first-order valence-electron chi connectivity index (χ1n) is 12.0. The summed E-state index contributed by atoms with van der Waals surface area (Å²) in [4.78, 5) is 13.0. The number of carbonyl (C=O) groups is 1. The summed E-state index contributed by atoms with van der Waals surface area (Å²) in [5.41, 5.74) is 4.69. The summed E-state index contributed by atoms with van der Waals surface area (Å²) in [5.74, 6) is -0.335. The van der Waals surface area contributed by atoms with Gasteiger partial charge in [-0.1, -0.05) is 61.5 Å². The highest BCUT2D eigenvalue weighted by Gasteiger charge is 2.15. The molecule has 0 fully saturated rings. The highest BCUT2D eigenvalue weighted by Crippen LogP contribution is 2.36. The molecular formula is C30H33FN2O3. The van der Waals surface area contributed by atoms with Crippen molar-refractivity contribution >= 4 is 17.1 Å². The predicted octanol–water partition coefficient (Wildman–Crippen LogP) is 5.51. The Morgan fingerprint density at radius 2 is 1.69 bits per heavy atom. The molecule has 0 aliphatic carbocycles. The number of likely N-dealkylation sites (N-methyl/N-ethyl adjacent to an activating group) is 1. The molecule has 2 N–H and O–H groups in total. The average molecular weight is 489 g/mol. The van der Waals surface area contributed by atoms with Crippen molar-refractivity contribution in [2.75, 3.05) is 33.8 Å². The third-order valence-electron chi connectivity index (χ3n) is 5.67. The van der Waals surface area contributed by atoms with Gasteiger partial charge in [-0.05, 0) is 58.5 Å². The standard InChI is InChI=1S/C30H33FN2O3/c1-4-26(22-9-6-5-7-10-22)30(24-14-17-28(34)27(31)21-24)23-12-15-25(16-13-23)36-20-19-32-18-8-11-29(35)33(2)3/h5-17,21,32,34H,4,18-20H2,1-3H3/b11-8+,30-26+. The van der Waals surface area contributed by atoms with Crippen LogP contribution >= 0.6 is 0 Å². The number of amides is 1. The average Bonchev–Trinajstić information content (AvgIpc) is 2.89. The second-order valence-electron chi connectivity index (χ2n) is 8.45. The SMILES string of the molecule is CC/C(=C(/c1ccc(OCCNC/C=C/C(=O)N(C)C)cc1)c1ccc(O)c(F)c1)c1ccccc1. The molecule has 3 aromatic carbocycles. The van der Waals surface area contributed by atoms with E-state index in [-0.39, 0.29) is 11.7 Å². The molecule has 0 saturated heterocycles. The summed E-state index contributed by atoms with van der Waals surface area (Å²) in [5, 5.41) is 12.9. The summed E-state index contributed by atoms with van der Waals surface area (Å²) < 4.78 is 20.1. The number of rotatable bonds is 11. The first kappa shape index (κ1) is 26.7. The van der Waals surface area contributed by atoms with Crippen LogP contribution in [0.2, 0.25) is 0 Å². The van der Waals surface area contributed by atoms with Crippen LogP contribution in [-0.4, -0.2) is 49.7 Å². The fourth-order valence-corrected chi connectivity index (χ4v) is 3.80. The molecule has 0 heterocycles. The number of allylic oxidation sites excluding steroid dienone is 1. The van der Waals surface area contributed by atoms with E-state index in [0.717, 1.165) is 34.4 Å². The minimum absolute atomic E-state index is 0.0462. The Balaban J connectivity index is 1.75. The highest BCUT2D eigenvalue weighted by atomic mass is 19.1. The smallest absolute Gasteiger partial charge is 0.245 e. The second kappa shape index (κ2) is 13.3. The van der Waals surface area contributed by atoms with E-state index in [0.29, 0.717) is 25.3 Å². The van der Waals surface area contributed by atoms with Crippen molar-refractivity contribution in [1.29, 1.82) is 0 Å². The molecule has 0 atom stereocenters. The molecule has 36 heavy (non-hydrogen) atoms. The first-order valence-corrected chi connectivity index (χ1v) is 12.0. The quantitative estimate of drug-likeness (QED) is 0.212. The molecule has 0 spiro atoms. The van der Waals surface area contributed by atoms with E-state index < -0.39 is 5.82 Å². The van der Waals surface area contributed by atoms with Gasteiger partial charge in [-0.15, -0.1) is 0 Å². The second-order valence-corrected chi connectivity index (χ2v) is 8.45. The fourth-order valence-electron chi connectivity index (χ4n) is 3.80. The minimum atomic E-state index is -0.651. The van der Waals surface area contributed by atoms with Crippen LogP contribution in [0.5, 0.6) is 11.5 Å². The van der Waals surface area contributed by atoms with E-state index >= 15 is 0 Å². The van der Waals surface area contributed by atoms with Crippen molar-refractivity contribution in [1.82, 2.24) is 10.2 Å². The molecular weight excluding hydrogens is 455 g/mol. The summed E-state index contributed by atoms with van der Waals surface area (Å²) in [7, 11) is 3.43. The summed E-state index contributed by atoms with van der Waals surface area (Å²) in [6, 6.07) is 22.3. The van der Waals surface area contributed by atoms with Gasteiger partial charge in [0.05, 0.1) is 0 Å². The predicted molar refractivity (Wildman–Crippen MR) is 143 cm³/mol.